The first-order chi connectivity index (χ1) is 7.79. The SMILES string of the molecule is CCC1CCC(C(O)Cc2ccsc2)CC1. The van der Waals surface area contributed by atoms with Gasteiger partial charge in [0.25, 0.3) is 0 Å². The molecule has 0 amide bonds. The number of thiophene rings is 1. The standard InChI is InChI=1S/C14H22OS/c1-2-11-3-5-13(6-4-11)14(15)9-12-7-8-16-10-12/h7-8,10-11,13-15H,2-6,9H2,1H3. The molecule has 1 heterocycles. The van der Waals surface area contributed by atoms with Crippen LogP contribution in [-0.2, 0) is 6.42 Å². The van der Waals surface area contributed by atoms with Gasteiger partial charge in [-0.25, -0.2) is 0 Å². The van der Waals surface area contributed by atoms with Gasteiger partial charge in [-0.3, -0.25) is 0 Å². The predicted molar refractivity (Wildman–Crippen MR) is 69.8 cm³/mol. The molecule has 1 aliphatic rings. The lowest BCUT2D eigenvalue weighted by Crippen LogP contribution is -2.27. The monoisotopic (exact) mass is 238 g/mol. The van der Waals surface area contributed by atoms with E-state index in [0.29, 0.717) is 5.92 Å². The van der Waals surface area contributed by atoms with Crippen LogP contribution in [0.4, 0.5) is 0 Å². The van der Waals surface area contributed by atoms with Gasteiger partial charge in [0, 0.05) is 0 Å². The molecule has 1 N–H and O–H groups in total. The smallest absolute Gasteiger partial charge is 0.0609 e. The van der Waals surface area contributed by atoms with Gasteiger partial charge in [-0.1, -0.05) is 26.2 Å². The summed E-state index contributed by atoms with van der Waals surface area (Å²) in [5.74, 6) is 1.47. The van der Waals surface area contributed by atoms with Crippen molar-refractivity contribution < 1.29 is 5.11 Å². The number of aliphatic hydroxyl groups is 1. The summed E-state index contributed by atoms with van der Waals surface area (Å²) in [6.45, 7) is 2.28. The third-order valence-corrected chi connectivity index (χ3v) is 4.77. The lowest BCUT2D eigenvalue weighted by Gasteiger charge is -2.31. The van der Waals surface area contributed by atoms with E-state index in [0.717, 1.165) is 12.3 Å². The van der Waals surface area contributed by atoms with Crippen molar-refractivity contribution >= 4 is 11.3 Å². The Balaban J connectivity index is 1.80. The molecule has 0 saturated heterocycles. The van der Waals surface area contributed by atoms with Crippen LogP contribution < -0.4 is 0 Å². The average molecular weight is 238 g/mol. The highest BCUT2D eigenvalue weighted by Gasteiger charge is 2.25. The first kappa shape index (κ1) is 12.1. The van der Waals surface area contributed by atoms with Crippen LogP contribution in [0.5, 0.6) is 0 Å². The Morgan fingerprint density at radius 3 is 2.69 bits per heavy atom. The first-order valence-electron chi connectivity index (χ1n) is 6.48. The van der Waals surface area contributed by atoms with Crippen molar-refractivity contribution in [2.45, 2.75) is 51.6 Å². The average Bonchev–Trinajstić information content (AvgIpc) is 2.82. The molecule has 0 radical (unpaired) electrons. The first-order valence-corrected chi connectivity index (χ1v) is 7.43. The Hall–Kier alpha value is -0.340. The Kier molecular flexibility index (Phi) is 4.42. The minimum absolute atomic E-state index is 0.118. The van der Waals surface area contributed by atoms with E-state index < -0.39 is 0 Å². The Morgan fingerprint density at radius 1 is 1.38 bits per heavy atom. The van der Waals surface area contributed by atoms with Gasteiger partial charge >= 0.3 is 0 Å². The summed E-state index contributed by atoms with van der Waals surface area (Å²) in [5.41, 5.74) is 1.30. The maximum Gasteiger partial charge on any atom is 0.0609 e. The molecule has 1 aliphatic carbocycles. The lowest BCUT2D eigenvalue weighted by molar-refractivity contribution is 0.0736. The van der Waals surface area contributed by atoms with Crippen LogP contribution >= 0.6 is 11.3 Å². The summed E-state index contributed by atoms with van der Waals surface area (Å²) in [5, 5.41) is 14.5. The summed E-state index contributed by atoms with van der Waals surface area (Å²) in [7, 11) is 0. The third-order valence-electron chi connectivity index (χ3n) is 4.04. The molecule has 1 aromatic rings. The molecule has 16 heavy (non-hydrogen) atoms. The highest BCUT2D eigenvalue weighted by molar-refractivity contribution is 7.07. The molecule has 1 fully saturated rings. The Labute approximate surface area is 103 Å². The van der Waals surface area contributed by atoms with Crippen LogP contribution in [0.1, 0.15) is 44.6 Å². The highest BCUT2D eigenvalue weighted by atomic mass is 32.1. The van der Waals surface area contributed by atoms with Gasteiger partial charge in [0.15, 0.2) is 0 Å². The second-order valence-corrected chi connectivity index (χ2v) is 5.87. The molecular weight excluding hydrogens is 216 g/mol. The summed E-state index contributed by atoms with van der Waals surface area (Å²) in [6.07, 6.45) is 7.14. The van der Waals surface area contributed by atoms with Gasteiger partial charge in [0.2, 0.25) is 0 Å². The molecule has 0 bridgehead atoms. The van der Waals surface area contributed by atoms with Crippen molar-refractivity contribution in [2.75, 3.05) is 0 Å². The molecule has 0 aromatic carbocycles. The third kappa shape index (κ3) is 3.08. The molecule has 0 aliphatic heterocycles. The van der Waals surface area contributed by atoms with Crippen LogP contribution in [-0.4, -0.2) is 11.2 Å². The molecule has 1 unspecified atom stereocenters. The molecule has 0 spiro atoms. The fraction of sp³-hybridized carbons (Fsp3) is 0.714. The summed E-state index contributed by atoms with van der Waals surface area (Å²) in [6, 6.07) is 2.13. The molecule has 1 aromatic heterocycles. The zero-order chi connectivity index (χ0) is 11.4. The van der Waals surface area contributed by atoms with E-state index in [4.69, 9.17) is 0 Å². The van der Waals surface area contributed by atoms with Gasteiger partial charge in [0.05, 0.1) is 6.10 Å². The molecule has 2 heteroatoms. The molecule has 1 saturated carbocycles. The van der Waals surface area contributed by atoms with Crippen molar-refractivity contribution in [2.24, 2.45) is 11.8 Å². The highest BCUT2D eigenvalue weighted by Crippen LogP contribution is 2.33. The minimum atomic E-state index is -0.118. The van der Waals surface area contributed by atoms with E-state index in [1.165, 1.54) is 37.7 Å². The molecule has 1 atom stereocenters. The van der Waals surface area contributed by atoms with Gasteiger partial charge in [-0.05, 0) is 53.5 Å². The van der Waals surface area contributed by atoms with E-state index in [-0.39, 0.29) is 6.10 Å². The summed E-state index contributed by atoms with van der Waals surface area (Å²) in [4.78, 5) is 0. The largest absolute Gasteiger partial charge is 0.392 e. The normalized spacial score (nSPS) is 27.9. The molecule has 2 rings (SSSR count). The van der Waals surface area contributed by atoms with Crippen molar-refractivity contribution in [1.82, 2.24) is 0 Å². The van der Waals surface area contributed by atoms with Crippen molar-refractivity contribution in [3.8, 4) is 0 Å². The quantitative estimate of drug-likeness (QED) is 0.844. The maximum absolute atomic E-state index is 10.2. The predicted octanol–water partition coefficient (Wildman–Crippen LogP) is 3.87. The van der Waals surface area contributed by atoms with Crippen LogP contribution in [0, 0.1) is 11.8 Å². The number of hydrogen-bond donors (Lipinski definition) is 1. The lowest BCUT2D eigenvalue weighted by atomic mass is 9.77. The zero-order valence-corrected chi connectivity index (χ0v) is 10.9. The van der Waals surface area contributed by atoms with Crippen LogP contribution in [0.3, 0.4) is 0 Å². The zero-order valence-electron chi connectivity index (χ0n) is 10.1. The van der Waals surface area contributed by atoms with Crippen molar-refractivity contribution in [1.29, 1.82) is 0 Å². The fourth-order valence-electron chi connectivity index (χ4n) is 2.80. The number of rotatable bonds is 4. The summed E-state index contributed by atoms with van der Waals surface area (Å²) >= 11 is 1.72. The topological polar surface area (TPSA) is 20.2 Å². The van der Waals surface area contributed by atoms with Crippen LogP contribution in [0.15, 0.2) is 16.8 Å². The molecular formula is C14H22OS. The number of aliphatic hydroxyl groups excluding tert-OH is 1. The summed E-state index contributed by atoms with van der Waals surface area (Å²) < 4.78 is 0. The van der Waals surface area contributed by atoms with Crippen molar-refractivity contribution in [3.63, 3.8) is 0 Å². The second kappa shape index (κ2) is 5.83. The van der Waals surface area contributed by atoms with Gasteiger partial charge in [-0.2, -0.15) is 11.3 Å². The second-order valence-electron chi connectivity index (χ2n) is 5.09. The van der Waals surface area contributed by atoms with E-state index >= 15 is 0 Å². The molecule has 90 valence electrons. The van der Waals surface area contributed by atoms with Crippen molar-refractivity contribution in [3.05, 3.63) is 22.4 Å². The van der Waals surface area contributed by atoms with E-state index in [1.807, 2.05) is 0 Å². The van der Waals surface area contributed by atoms with Gasteiger partial charge < -0.3 is 5.11 Å². The van der Waals surface area contributed by atoms with Gasteiger partial charge in [0.1, 0.15) is 0 Å². The van der Waals surface area contributed by atoms with Gasteiger partial charge in [-0.15, -0.1) is 0 Å². The maximum atomic E-state index is 10.2. The van der Waals surface area contributed by atoms with Crippen LogP contribution in [0.2, 0.25) is 0 Å². The fourth-order valence-corrected chi connectivity index (χ4v) is 3.48. The van der Waals surface area contributed by atoms with E-state index in [2.05, 4.69) is 23.8 Å². The Bertz CT molecular complexity index is 286. The Morgan fingerprint density at radius 2 is 2.12 bits per heavy atom. The van der Waals surface area contributed by atoms with E-state index in [1.54, 1.807) is 11.3 Å². The number of hydrogen-bond acceptors (Lipinski definition) is 2. The molecule has 1 nitrogen and oxygen atoms in total. The minimum Gasteiger partial charge on any atom is -0.392 e. The van der Waals surface area contributed by atoms with Crippen LogP contribution in [0.25, 0.3) is 0 Å². The van der Waals surface area contributed by atoms with E-state index in [9.17, 15) is 5.11 Å².